The van der Waals surface area contributed by atoms with E-state index in [4.69, 9.17) is 17.3 Å². The average molecular weight is 302 g/mol. The van der Waals surface area contributed by atoms with E-state index >= 15 is 0 Å². The van der Waals surface area contributed by atoms with Gasteiger partial charge in [0.25, 0.3) is 5.24 Å². The zero-order valence-electron chi connectivity index (χ0n) is 7.03. The topological polar surface area (TPSA) is 43.1 Å². The number of halogens is 5. The molecule has 0 spiro atoms. The predicted octanol–water partition coefficient (Wildman–Crippen LogP) is 3.43. The molecule has 0 aliphatic carbocycles. The van der Waals surface area contributed by atoms with E-state index in [1.54, 1.807) is 0 Å². The van der Waals surface area contributed by atoms with Crippen LogP contribution < -0.4 is 5.73 Å². The van der Waals surface area contributed by atoms with Crippen LogP contribution in [-0.2, 0) is 6.18 Å². The van der Waals surface area contributed by atoms with Gasteiger partial charge in [0, 0.05) is 10.0 Å². The van der Waals surface area contributed by atoms with Gasteiger partial charge in [-0.3, -0.25) is 4.79 Å². The minimum atomic E-state index is -4.62. The van der Waals surface area contributed by atoms with Gasteiger partial charge in [0.2, 0.25) is 0 Å². The highest BCUT2D eigenvalue weighted by Crippen LogP contribution is 2.38. The molecule has 0 heterocycles. The second-order valence-electron chi connectivity index (χ2n) is 2.69. The molecular weight excluding hydrogens is 298 g/mol. The Hall–Kier alpha value is -0.750. The second kappa shape index (κ2) is 4.02. The third-order valence-corrected chi connectivity index (χ3v) is 2.54. The summed E-state index contributed by atoms with van der Waals surface area (Å²) in [4.78, 5) is 10.7. The van der Waals surface area contributed by atoms with Crippen molar-refractivity contribution < 1.29 is 18.0 Å². The number of hydrogen-bond donors (Lipinski definition) is 1. The Balaban J connectivity index is 3.45. The van der Waals surface area contributed by atoms with Crippen molar-refractivity contribution in [2.24, 2.45) is 0 Å². The van der Waals surface area contributed by atoms with Gasteiger partial charge < -0.3 is 5.73 Å². The molecule has 0 aliphatic rings. The van der Waals surface area contributed by atoms with Crippen molar-refractivity contribution in [2.75, 3.05) is 5.73 Å². The largest absolute Gasteiger partial charge is 0.418 e. The molecule has 82 valence electrons. The van der Waals surface area contributed by atoms with E-state index in [1.165, 1.54) is 0 Å². The van der Waals surface area contributed by atoms with Crippen LogP contribution in [0.25, 0.3) is 0 Å². The summed E-state index contributed by atoms with van der Waals surface area (Å²) in [5.41, 5.74) is 3.41. The van der Waals surface area contributed by atoms with Crippen molar-refractivity contribution in [3.8, 4) is 0 Å². The maximum Gasteiger partial charge on any atom is 0.418 e. The van der Waals surface area contributed by atoms with Crippen LogP contribution in [0.3, 0.4) is 0 Å². The van der Waals surface area contributed by atoms with Crippen LogP contribution in [0.5, 0.6) is 0 Å². The van der Waals surface area contributed by atoms with E-state index in [-0.39, 0.29) is 10.0 Å². The molecule has 0 fully saturated rings. The molecule has 0 radical (unpaired) electrons. The van der Waals surface area contributed by atoms with E-state index in [1.807, 2.05) is 0 Å². The molecule has 15 heavy (non-hydrogen) atoms. The molecule has 0 unspecified atom stereocenters. The summed E-state index contributed by atoms with van der Waals surface area (Å²) in [6, 6.07) is 1.76. The smallest absolute Gasteiger partial charge is 0.397 e. The van der Waals surface area contributed by atoms with Crippen LogP contribution in [0.4, 0.5) is 18.9 Å². The summed E-state index contributed by atoms with van der Waals surface area (Å²) in [7, 11) is 0. The average Bonchev–Trinajstić information content (AvgIpc) is 2.06. The van der Waals surface area contributed by atoms with Crippen LogP contribution in [0.1, 0.15) is 15.9 Å². The fourth-order valence-corrected chi connectivity index (χ4v) is 1.54. The van der Waals surface area contributed by atoms with Crippen molar-refractivity contribution in [3.63, 3.8) is 0 Å². The highest BCUT2D eigenvalue weighted by atomic mass is 79.9. The monoisotopic (exact) mass is 301 g/mol. The van der Waals surface area contributed by atoms with Crippen LogP contribution in [0.2, 0.25) is 0 Å². The van der Waals surface area contributed by atoms with E-state index in [0.29, 0.717) is 6.07 Å². The van der Waals surface area contributed by atoms with Crippen LogP contribution >= 0.6 is 27.5 Å². The van der Waals surface area contributed by atoms with Gasteiger partial charge in [0.1, 0.15) is 0 Å². The quantitative estimate of drug-likeness (QED) is 0.638. The van der Waals surface area contributed by atoms with Crippen molar-refractivity contribution in [1.29, 1.82) is 0 Å². The summed E-state index contributed by atoms with van der Waals surface area (Å²) >= 11 is 7.90. The van der Waals surface area contributed by atoms with E-state index in [0.717, 1.165) is 6.07 Å². The molecule has 1 rings (SSSR count). The third-order valence-electron chi connectivity index (χ3n) is 1.66. The first-order chi connectivity index (χ1) is 6.73. The Morgan fingerprint density at radius 3 is 2.33 bits per heavy atom. The summed E-state index contributed by atoms with van der Waals surface area (Å²) in [6.07, 6.45) is -4.62. The minimum Gasteiger partial charge on any atom is -0.397 e. The Labute approximate surface area is 96.3 Å². The van der Waals surface area contributed by atoms with Gasteiger partial charge in [-0.25, -0.2) is 0 Å². The first-order valence-electron chi connectivity index (χ1n) is 3.59. The van der Waals surface area contributed by atoms with Gasteiger partial charge in [-0.05, 0) is 39.7 Å². The van der Waals surface area contributed by atoms with Gasteiger partial charge >= 0.3 is 6.18 Å². The lowest BCUT2D eigenvalue weighted by Gasteiger charge is -2.12. The van der Waals surface area contributed by atoms with Crippen LogP contribution in [0.15, 0.2) is 16.6 Å². The highest BCUT2D eigenvalue weighted by molar-refractivity contribution is 9.10. The second-order valence-corrected chi connectivity index (χ2v) is 3.89. The molecule has 1 aromatic carbocycles. The maximum atomic E-state index is 12.4. The maximum absolute atomic E-state index is 12.4. The fraction of sp³-hybridized carbons (Fsp3) is 0.125. The van der Waals surface area contributed by atoms with E-state index in [9.17, 15) is 18.0 Å². The summed E-state index contributed by atoms with van der Waals surface area (Å²) in [5.74, 6) is 0. The SMILES string of the molecule is Nc1c(Br)cc(C(=O)Cl)cc1C(F)(F)F. The van der Waals surface area contributed by atoms with Gasteiger partial charge in [-0.15, -0.1) is 0 Å². The zero-order valence-corrected chi connectivity index (χ0v) is 9.37. The Morgan fingerprint density at radius 2 is 1.93 bits per heavy atom. The lowest BCUT2D eigenvalue weighted by molar-refractivity contribution is -0.136. The van der Waals surface area contributed by atoms with Gasteiger partial charge in [0.15, 0.2) is 0 Å². The minimum absolute atomic E-state index is 0.0127. The third kappa shape index (κ3) is 2.63. The predicted molar refractivity (Wildman–Crippen MR) is 53.7 cm³/mol. The Morgan fingerprint density at radius 1 is 1.40 bits per heavy atom. The summed E-state index contributed by atoms with van der Waals surface area (Å²) in [6.45, 7) is 0. The first-order valence-corrected chi connectivity index (χ1v) is 4.76. The van der Waals surface area contributed by atoms with Crippen molar-refractivity contribution in [1.82, 2.24) is 0 Å². The molecule has 1 aromatic rings. The molecular formula is C8H4BrClF3NO. The molecule has 0 saturated heterocycles. The number of carbonyl (C=O) groups excluding carboxylic acids is 1. The number of rotatable bonds is 1. The summed E-state index contributed by atoms with van der Waals surface area (Å²) in [5, 5.41) is -0.971. The summed E-state index contributed by atoms with van der Waals surface area (Å²) < 4.78 is 37.2. The highest BCUT2D eigenvalue weighted by Gasteiger charge is 2.34. The molecule has 0 aliphatic heterocycles. The molecule has 0 atom stereocenters. The molecule has 2 N–H and O–H groups in total. The number of alkyl halides is 3. The van der Waals surface area contributed by atoms with Gasteiger partial charge in [-0.1, -0.05) is 0 Å². The zero-order chi connectivity index (χ0) is 11.8. The molecule has 0 amide bonds. The molecule has 0 bridgehead atoms. The van der Waals surface area contributed by atoms with Crippen LogP contribution in [-0.4, -0.2) is 5.24 Å². The molecule has 2 nitrogen and oxygen atoms in total. The standard InChI is InChI=1S/C8H4BrClF3NO/c9-5-2-3(7(10)15)1-4(6(5)14)8(11,12)13/h1-2H,14H2. The number of carbonyl (C=O) groups is 1. The van der Waals surface area contributed by atoms with Crippen molar-refractivity contribution >= 4 is 38.5 Å². The number of benzene rings is 1. The Bertz CT molecular complexity index is 419. The lowest BCUT2D eigenvalue weighted by atomic mass is 10.1. The number of nitrogen functional groups attached to an aromatic ring is 1. The van der Waals surface area contributed by atoms with E-state index < -0.39 is 22.7 Å². The normalized spacial score (nSPS) is 11.5. The van der Waals surface area contributed by atoms with Gasteiger partial charge in [0.05, 0.1) is 11.3 Å². The lowest BCUT2D eigenvalue weighted by Crippen LogP contribution is -2.10. The molecule has 7 heteroatoms. The first kappa shape index (κ1) is 12.3. The van der Waals surface area contributed by atoms with Crippen molar-refractivity contribution in [2.45, 2.75) is 6.18 Å². The molecule has 0 saturated carbocycles. The molecule has 0 aromatic heterocycles. The number of anilines is 1. The fourth-order valence-electron chi connectivity index (χ4n) is 0.966. The Kier molecular flexibility index (Phi) is 3.30. The number of hydrogen-bond acceptors (Lipinski definition) is 2. The van der Waals surface area contributed by atoms with Crippen LogP contribution in [0, 0.1) is 0 Å². The van der Waals surface area contributed by atoms with Crippen molar-refractivity contribution in [3.05, 3.63) is 27.7 Å². The number of nitrogens with two attached hydrogens (primary N) is 1. The van der Waals surface area contributed by atoms with E-state index in [2.05, 4.69) is 15.9 Å². The van der Waals surface area contributed by atoms with Gasteiger partial charge in [-0.2, -0.15) is 13.2 Å².